The molecule has 0 fully saturated rings. The molecule has 0 saturated carbocycles. The van der Waals surface area contributed by atoms with Crippen LogP contribution in [0.3, 0.4) is 0 Å². The van der Waals surface area contributed by atoms with Crippen molar-refractivity contribution in [2.45, 2.75) is 19.8 Å². The van der Waals surface area contributed by atoms with Crippen molar-refractivity contribution in [2.24, 2.45) is 0 Å². The van der Waals surface area contributed by atoms with Crippen LogP contribution in [0.25, 0.3) is 11.1 Å². The third-order valence-electron chi connectivity index (χ3n) is 3.05. The van der Waals surface area contributed by atoms with Crippen molar-refractivity contribution in [3.8, 4) is 16.9 Å². The minimum absolute atomic E-state index is 0.0901. The van der Waals surface area contributed by atoms with Crippen LogP contribution in [0.15, 0.2) is 36.5 Å². The summed E-state index contributed by atoms with van der Waals surface area (Å²) in [5.41, 5.74) is 2.58. The summed E-state index contributed by atoms with van der Waals surface area (Å²) < 4.78 is 0. The Morgan fingerprint density at radius 2 is 1.90 bits per heavy atom. The summed E-state index contributed by atoms with van der Waals surface area (Å²) in [6.07, 6.45) is 1.04. The molecule has 5 heteroatoms. The van der Waals surface area contributed by atoms with Gasteiger partial charge in [0, 0.05) is 18.2 Å². The van der Waals surface area contributed by atoms with Gasteiger partial charge in [0.25, 0.3) is 0 Å². The first-order chi connectivity index (χ1) is 9.97. The van der Waals surface area contributed by atoms with Gasteiger partial charge in [0.2, 0.25) is 0 Å². The molecule has 2 aromatic rings. The lowest BCUT2D eigenvalue weighted by Gasteiger charge is -2.06. The molecule has 1 aromatic carbocycles. The molecule has 1 heterocycles. The van der Waals surface area contributed by atoms with Crippen LogP contribution in [0.4, 0.5) is 0 Å². The van der Waals surface area contributed by atoms with Gasteiger partial charge in [-0.25, -0.2) is 4.98 Å². The Labute approximate surface area is 121 Å². The van der Waals surface area contributed by atoms with E-state index in [0.717, 1.165) is 11.1 Å². The van der Waals surface area contributed by atoms with Crippen LogP contribution >= 0.6 is 0 Å². The lowest BCUT2D eigenvalue weighted by molar-refractivity contribution is -0.136. The van der Waals surface area contributed by atoms with E-state index in [4.69, 9.17) is 5.11 Å². The molecule has 0 radical (unpaired) electrons. The highest BCUT2D eigenvalue weighted by atomic mass is 16.4. The molecule has 0 aliphatic carbocycles. The summed E-state index contributed by atoms with van der Waals surface area (Å²) in [4.78, 5) is 26.2. The number of carboxylic acids is 1. The number of aromatic nitrogens is 1. The van der Waals surface area contributed by atoms with E-state index < -0.39 is 11.8 Å². The van der Waals surface area contributed by atoms with Gasteiger partial charge in [-0.05, 0) is 18.6 Å². The van der Waals surface area contributed by atoms with Crippen molar-refractivity contribution in [3.63, 3.8) is 0 Å². The van der Waals surface area contributed by atoms with Gasteiger partial charge in [-0.1, -0.05) is 29.8 Å². The van der Waals surface area contributed by atoms with Crippen molar-refractivity contribution >= 4 is 11.8 Å². The molecule has 0 saturated heterocycles. The maximum atomic E-state index is 11.8. The fraction of sp³-hybridized carbons (Fsp3) is 0.188. The molecule has 5 nitrogen and oxygen atoms in total. The third kappa shape index (κ3) is 3.66. The Hall–Kier alpha value is -2.69. The molecular formula is C16H15NO4. The number of ketones is 1. The van der Waals surface area contributed by atoms with Crippen molar-refractivity contribution in [3.05, 3.63) is 47.8 Å². The monoisotopic (exact) mass is 285 g/mol. The van der Waals surface area contributed by atoms with Gasteiger partial charge in [0.1, 0.15) is 11.4 Å². The predicted octanol–water partition coefficient (Wildman–Crippen LogP) is 2.81. The van der Waals surface area contributed by atoms with Crippen molar-refractivity contribution in [1.82, 2.24) is 4.98 Å². The fourth-order valence-electron chi connectivity index (χ4n) is 1.99. The minimum Gasteiger partial charge on any atom is -0.506 e. The van der Waals surface area contributed by atoms with E-state index in [1.807, 2.05) is 31.2 Å². The summed E-state index contributed by atoms with van der Waals surface area (Å²) in [7, 11) is 0. The molecule has 0 atom stereocenters. The van der Waals surface area contributed by atoms with Crippen molar-refractivity contribution < 1.29 is 19.8 Å². The second-order valence-electron chi connectivity index (χ2n) is 4.78. The number of nitrogens with zero attached hydrogens (tertiary/aromatic N) is 1. The smallest absolute Gasteiger partial charge is 0.303 e. The van der Waals surface area contributed by atoms with E-state index in [9.17, 15) is 14.7 Å². The number of aromatic hydroxyl groups is 1. The minimum atomic E-state index is -1.06. The predicted molar refractivity (Wildman–Crippen MR) is 77.3 cm³/mol. The van der Waals surface area contributed by atoms with Crippen molar-refractivity contribution in [2.75, 3.05) is 0 Å². The molecule has 2 N–H and O–H groups in total. The number of pyridine rings is 1. The first kappa shape index (κ1) is 14.7. The number of Topliss-reactive ketones (excluding diaryl/α,β-unsaturated/α-hetero) is 1. The maximum absolute atomic E-state index is 11.8. The molecule has 0 aliphatic heterocycles. The van der Waals surface area contributed by atoms with E-state index in [1.54, 1.807) is 0 Å². The van der Waals surface area contributed by atoms with Gasteiger partial charge in [-0.15, -0.1) is 0 Å². The topological polar surface area (TPSA) is 87.5 Å². The number of hydrogen-bond donors (Lipinski definition) is 2. The molecule has 0 spiro atoms. The van der Waals surface area contributed by atoms with Gasteiger partial charge < -0.3 is 10.2 Å². The normalized spacial score (nSPS) is 10.3. The average Bonchev–Trinajstić information content (AvgIpc) is 2.44. The van der Waals surface area contributed by atoms with E-state index in [-0.39, 0.29) is 24.3 Å². The summed E-state index contributed by atoms with van der Waals surface area (Å²) >= 11 is 0. The Balaban J connectivity index is 2.25. The largest absolute Gasteiger partial charge is 0.506 e. The highest BCUT2D eigenvalue weighted by Crippen LogP contribution is 2.26. The number of aliphatic carboxylic acids is 1. The van der Waals surface area contributed by atoms with Crippen LogP contribution < -0.4 is 0 Å². The Morgan fingerprint density at radius 3 is 2.52 bits per heavy atom. The zero-order valence-electron chi connectivity index (χ0n) is 11.5. The van der Waals surface area contributed by atoms with E-state index in [0.29, 0.717) is 5.56 Å². The van der Waals surface area contributed by atoms with Crippen LogP contribution in [0.2, 0.25) is 0 Å². The highest BCUT2D eigenvalue weighted by Gasteiger charge is 2.15. The van der Waals surface area contributed by atoms with Gasteiger partial charge in [0.05, 0.1) is 6.42 Å². The Kier molecular flexibility index (Phi) is 4.33. The van der Waals surface area contributed by atoms with Gasteiger partial charge >= 0.3 is 5.97 Å². The lowest BCUT2D eigenvalue weighted by Crippen LogP contribution is -2.06. The quantitative estimate of drug-likeness (QED) is 0.825. The van der Waals surface area contributed by atoms with Crippen LogP contribution in [-0.4, -0.2) is 26.9 Å². The maximum Gasteiger partial charge on any atom is 0.303 e. The summed E-state index contributed by atoms with van der Waals surface area (Å²) in [6, 6.07) is 9.15. The van der Waals surface area contributed by atoms with E-state index in [2.05, 4.69) is 4.98 Å². The number of rotatable bonds is 5. The molecular weight excluding hydrogens is 270 g/mol. The number of aryl methyl sites for hydroxylation is 1. The van der Waals surface area contributed by atoms with Gasteiger partial charge in [0.15, 0.2) is 5.78 Å². The number of carbonyl (C=O) groups is 2. The van der Waals surface area contributed by atoms with Crippen LogP contribution in [0, 0.1) is 6.92 Å². The Bertz CT molecular complexity index is 694. The second-order valence-corrected chi connectivity index (χ2v) is 4.78. The van der Waals surface area contributed by atoms with Gasteiger partial charge in [-0.2, -0.15) is 0 Å². The number of hydrogen-bond acceptors (Lipinski definition) is 4. The molecule has 21 heavy (non-hydrogen) atoms. The molecule has 0 unspecified atom stereocenters. The standard InChI is InChI=1S/C16H15NO4/c1-10-3-2-4-11(7-10)12-8-14(19)16(17-9-12)13(18)5-6-15(20)21/h2-4,7-9,19H,5-6H2,1H3,(H,20,21). The lowest BCUT2D eigenvalue weighted by atomic mass is 10.0. The molecule has 0 bridgehead atoms. The number of benzene rings is 1. The summed E-state index contributed by atoms with van der Waals surface area (Å²) in [5, 5.41) is 18.5. The third-order valence-corrected chi connectivity index (χ3v) is 3.05. The molecule has 0 aliphatic rings. The van der Waals surface area contributed by atoms with Crippen LogP contribution in [0.5, 0.6) is 5.75 Å². The zero-order valence-corrected chi connectivity index (χ0v) is 11.5. The summed E-state index contributed by atoms with van der Waals surface area (Å²) in [5.74, 6) is -1.77. The number of carbonyl (C=O) groups excluding carboxylic acids is 1. The molecule has 0 amide bonds. The van der Waals surface area contributed by atoms with E-state index >= 15 is 0 Å². The first-order valence-corrected chi connectivity index (χ1v) is 6.48. The second kappa shape index (κ2) is 6.17. The number of carboxylic acid groups (broad SMARTS) is 1. The van der Waals surface area contributed by atoms with Crippen LogP contribution in [-0.2, 0) is 4.79 Å². The highest BCUT2D eigenvalue weighted by molar-refractivity contribution is 5.98. The van der Waals surface area contributed by atoms with E-state index in [1.165, 1.54) is 12.3 Å². The molecule has 1 aromatic heterocycles. The zero-order chi connectivity index (χ0) is 15.4. The fourth-order valence-corrected chi connectivity index (χ4v) is 1.99. The average molecular weight is 285 g/mol. The molecule has 108 valence electrons. The SMILES string of the molecule is Cc1cccc(-c2cnc(C(=O)CCC(=O)O)c(O)c2)c1. The van der Waals surface area contributed by atoms with Crippen molar-refractivity contribution in [1.29, 1.82) is 0 Å². The van der Waals surface area contributed by atoms with Gasteiger partial charge in [-0.3, -0.25) is 9.59 Å². The Morgan fingerprint density at radius 1 is 1.14 bits per heavy atom. The first-order valence-electron chi connectivity index (χ1n) is 6.48. The van der Waals surface area contributed by atoms with Crippen LogP contribution in [0.1, 0.15) is 28.9 Å². The molecule has 2 rings (SSSR count). The summed E-state index contributed by atoms with van der Waals surface area (Å²) in [6.45, 7) is 1.96.